The van der Waals surface area contributed by atoms with Gasteiger partial charge in [-0.1, -0.05) is 0 Å². The van der Waals surface area contributed by atoms with Crippen LogP contribution in [0.3, 0.4) is 0 Å². The molecule has 0 aromatic carbocycles. The maximum atomic E-state index is 0. The predicted octanol–water partition coefficient (Wildman–Crippen LogP) is 0.817. The first-order chi connectivity index (χ1) is 0. The Labute approximate surface area is 73.2 Å². The van der Waals surface area contributed by atoms with Crippen LogP contribution in [-0.4, -0.2) is 23.1 Å². The van der Waals surface area contributed by atoms with E-state index >= 15 is 0 Å². The summed E-state index contributed by atoms with van der Waals surface area (Å²) in [7, 11) is 0. The van der Waals surface area contributed by atoms with Gasteiger partial charge in [-0.2, -0.15) is 0 Å². The summed E-state index contributed by atoms with van der Waals surface area (Å²) in [5, 5.41) is 0. The lowest BCUT2D eigenvalue weighted by atomic mass is 24.3. The average Bonchev–Trinajstić information content (AvgIpc) is 0. The molecule has 28 valence electrons. The molecule has 0 fully saturated rings. The first-order valence-corrected chi connectivity index (χ1v) is 0. The van der Waals surface area contributed by atoms with Gasteiger partial charge < -0.3 is 0 Å². The van der Waals surface area contributed by atoms with Gasteiger partial charge in [0.05, 0.1) is 0 Å². The molecule has 0 aliphatic carbocycles. The Morgan fingerprint density at radius 3 is 0.500 bits per heavy atom. The highest BCUT2D eigenvalue weighted by Gasteiger charge is 0.316. The van der Waals surface area contributed by atoms with Crippen LogP contribution in [0, 0.1) is 0 Å². The van der Waals surface area contributed by atoms with Gasteiger partial charge in [0.25, 0.3) is 0 Å². The number of rotatable bonds is 0. The van der Waals surface area contributed by atoms with Crippen molar-refractivity contribution in [1.82, 2.24) is 0 Å². The smallest absolute Gasteiger partial charge is 0.114 e. The number of hydrogen-bond acceptors (Lipinski definition) is 0. The van der Waals surface area contributed by atoms with E-state index < -0.39 is 0 Å². The fourth-order valence-electron chi connectivity index (χ4n) is 0. The molecule has 0 rings (SSSR count). The summed E-state index contributed by atoms with van der Waals surface area (Å²) in [6.45, 7) is 0. The van der Waals surface area contributed by atoms with E-state index in [1.165, 1.54) is 0 Å². The zero-order valence-corrected chi connectivity index (χ0v) is 6.36. The molecule has 0 N–H and O–H groups in total. The van der Waals surface area contributed by atoms with Crippen molar-refractivity contribution >= 4 is 74.0 Å². The van der Waals surface area contributed by atoms with Crippen LogP contribution in [0.1, 0.15) is 0 Å². The molecule has 0 atom stereocenters. The van der Waals surface area contributed by atoms with E-state index in [1.807, 2.05) is 0 Å². The third kappa shape index (κ3) is 8.88. The van der Waals surface area contributed by atoms with E-state index in [9.17, 15) is 0 Å². The molecule has 0 spiro atoms. The minimum absolute atomic E-state index is 0. The summed E-state index contributed by atoms with van der Waals surface area (Å²) in [4.78, 5) is 0. The van der Waals surface area contributed by atoms with E-state index in [2.05, 4.69) is 0 Å². The molecule has 0 aromatic rings. The Balaban J connectivity index is 0. The third-order valence-electron chi connectivity index (χ3n) is 0. The summed E-state index contributed by atoms with van der Waals surface area (Å²) in [6, 6.07) is 0. The molecule has 0 radical (unpaired) electrons. The first-order valence-electron chi connectivity index (χ1n) is 0. The van der Waals surface area contributed by atoms with E-state index in [0.29, 0.717) is 0 Å². The lowest BCUT2D eigenvalue weighted by Crippen LogP contribution is -0.381. The fourth-order valence-corrected chi connectivity index (χ4v) is 0. The van der Waals surface area contributed by atoms with Crippen LogP contribution in [0.2, 0.25) is 0 Å². The van der Waals surface area contributed by atoms with Gasteiger partial charge >= 0.3 is 23.1 Å². The highest BCUT2D eigenvalue weighted by atomic mass is 79.9. The van der Waals surface area contributed by atoms with Gasteiger partial charge in [0.15, 0.2) is 0 Å². The van der Waals surface area contributed by atoms with Crippen molar-refractivity contribution in [2.45, 2.75) is 0 Å². The molecule has 0 saturated heterocycles. The molecule has 4 heavy (non-hydrogen) atoms. The minimum atomic E-state index is 0. The van der Waals surface area contributed by atoms with Crippen molar-refractivity contribution in [2.24, 2.45) is 0 Å². The molecule has 0 saturated carbocycles. The zero-order chi connectivity index (χ0) is 0. The number of hydrogen-bond donors (Lipinski definition) is 0. The Kier molecular flexibility index (Phi) is 164. The molecule has 0 bridgehead atoms. The summed E-state index contributed by atoms with van der Waals surface area (Å²) >= 11 is 0. The summed E-state index contributed by atoms with van der Waals surface area (Å²) < 4.78 is 0. The lowest BCUT2D eigenvalue weighted by Gasteiger charge is -0.115. The third-order valence-corrected chi connectivity index (χ3v) is 0. The van der Waals surface area contributed by atoms with Gasteiger partial charge in [0.1, 0.15) is 0 Å². The normalized spacial score (nSPS) is 0. The van der Waals surface area contributed by atoms with Crippen LogP contribution >= 0.6 is 50.9 Å². The maximum Gasteiger partial charge on any atom is 0.316 e. The van der Waals surface area contributed by atoms with E-state index in [-0.39, 0.29) is 74.0 Å². The summed E-state index contributed by atoms with van der Waals surface area (Å²) in [5.41, 5.74) is 0. The van der Waals surface area contributed by atoms with Crippen molar-refractivity contribution in [3.05, 3.63) is 0 Å². The average molecular weight is 269 g/mol. The second-order valence-corrected chi connectivity index (χ2v) is 0. The van der Waals surface area contributed by atoms with Crippen molar-refractivity contribution in [3.63, 3.8) is 0 Å². The molecule has 0 aliphatic rings. The topological polar surface area (TPSA) is 0 Å². The Morgan fingerprint density at radius 1 is 0.500 bits per heavy atom. The monoisotopic (exact) mass is 266 g/mol. The van der Waals surface area contributed by atoms with Gasteiger partial charge in [0.2, 0.25) is 0 Å². The second kappa shape index (κ2) is 18.9. The van der Waals surface area contributed by atoms with Crippen molar-refractivity contribution in [2.75, 3.05) is 0 Å². The van der Waals surface area contributed by atoms with E-state index in [0.717, 1.165) is 0 Å². The molecule has 0 amide bonds. The zero-order valence-electron chi connectivity index (χ0n) is 1.22. The van der Waals surface area contributed by atoms with Gasteiger partial charge in [-0.3, -0.25) is 0 Å². The quantitative estimate of drug-likeness (QED) is 0.571. The standard InChI is InChI=1S/3BrH.Mg.2H/h3*1H;;;. The minimum Gasteiger partial charge on any atom is -0.114 e. The Hall–Kier alpha value is 2.21. The molecule has 4 heteroatoms. The fraction of sp³-hybridized carbons (Fsp3) is 0. The van der Waals surface area contributed by atoms with Crippen molar-refractivity contribution < 1.29 is 0 Å². The highest BCUT2D eigenvalue weighted by molar-refractivity contribution is 8.93. The SMILES string of the molecule is Br.Br.Br.[MgH2]. The van der Waals surface area contributed by atoms with Crippen LogP contribution in [0.25, 0.3) is 0 Å². The Morgan fingerprint density at radius 2 is 0.500 bits per heavy atom. The largest absolute Gasteiger partial charge is 0.316 e. The summed E-state index contributed by atoms with van der Waals surface area (Å²) in [5.74, 6) is 0. The van der Waals surface area contributed by atoms with E-state index in [4.69, 9.17) is 0 Å². The predicted molar refractivity (Wildman–Crippen MR) is 39.5 cm³/mol. The number of halogens is 3. The van der Waals surface area contributed by atoms with Crippen LogP contribution < -0.4 is 0 Å². The Bertz CT molecular complexity index is 3.25. The van der Waals surface area contributed by atoms with Crippen LogP contribution in [-0.2, 0) is 0 Å². The highest BCUT2D eigenvalue weighted by Crippen LogP contribution is 0.848. The molecule has 0 unspecified atom stereocenters. The first kappa shape index (κ1) is 34.6. The van der Waals surface area contributed by atoms with E-state index in [1.54, 1.807) is 0 Å². The van der Waals surface area contributed by atoms with Crippen molar-refractivity contribution in [1.29, 1.82) is 0 Å². The van der Waals surface area contributed by atoms with Crippen molar-refractivity contribution in [3.8, 4) is 0 Å². The molecule has 0 nitrogen and oxygen atoms in total. The second-order valence-electron chi connectivity index (χ2n) is 0. The molecule has 0 heterocycles. The lowest BCUT2D eigenvalue weighted by molar-refractivity contribution is 5.75. The molecular weight excluding hydrogens is 264 g/mol. The van der Waals surface area contributed by atoms with Gasteiger partial charge in [-0.25, -0.2) is 0 Å². The maximum absolute atomic E-state index is 0. The van der Waals surface area contributed by atoms with Gasteiger partial charge in [-0.05, 0) is 0 Å². The molecule has 0 aromatic heterocycles. The van der Waals surface area contributed by atoms with Gasteiger partial charge in [-0.15, -0.1) is 50.9 Å². The molecule has 0 aliphatic heterocycles. The van der Waals surface area contributed by atoms with Crippen LogP contribution in [0.15, 0.2) is 0 Å². The van der Waals surface area contributed by atoms with Crippen LogP contribution in [0.4, 0.5) is 0 Å². The van der Waals surface area contributed by atoms with Gasteiger partial charge in [0, 0.05) is 0 Å². The summed E-state index contributed by atoms with van der Waals surface area (Å²) in [6.07, 6.45) is 0. The molecular formula is H5Br3Mg. The van der Waals surface area contributed by atoms with Crippen LogP contribution in [0.5, 0.6) is 0 Å².